The summed E-state index contributed by atoms with van der Waals surface area (Å²) in [7, 11) is 0. The third-order valence-electron chi connectivity index (χ3n) is 3.41. The van der Waals surface area contributed by atoms with Gasteiger partial charge in [-0.05, 0) is 36.4 Å². The Balaban J connectivity index is 1.61. The number of benzene rings is 2. The zero-order valence-electron chi connectivity index (χ0n) is 14.6. The van der Waals surface area contributed by atoms with Crippen molar-refractivity contribution in [3.8, 4) is 5.75 Å². The van der Waals surface area contributed by atoms with Gasteiger partial charge in [0.25, 0.3) is 11.8 Å². The van der Waals surface area contributed by atoms with Gasteiger partial charge in [0.2, 0.25) is 10.0 Å². The molecule has 0 bridgehead atoms. The van der Waals surface area contributed by atoms with E-state index in [1.807, 2.05) is 0 Å². The molecule has 1 aromatic heterocycles. The molecular weight excluding hydrogens is 403 g/mol. The van der Waals surface area contributed by atoms with Gasteiger partial charge < -0.3 is 20.5 Å². The average molecular weight is 416 g/mol. The molecule has 0 aliphatic heterocycles. The van der Waals surface area contributed by atoms with Crippen molar-refractivity contribution in [1.29, 1.82) is 0 Å². The lowest BCUT2D eigenvalue weighted by Crippen LogP contribution is -2.12. The smallest absolute Gasteiger partial charge is 0.341 e. The third-order valence-corrected chi connectivity index (χ3v) is 4.33. The second-order valence-corrected chi connectivity index (χ2v) is 6.48. The molecule has 0 spiro atoms. The molecule has 1 heterocycles. The lowest BCUT2D eigenvalue weighted by atomic mass is 10.3. The molecule has 148 valence electrons. The summed E-state index contributed by atoms with van der Waals surface area (Å²) in [5.41, 5.74) is 0.397. The van der Waals surface area contributed by atoms with Crippen molar-refractivity contribution in [1.82, 2.24) is 10.2 Å². The predicted molar refractivity (Wildman–Crippen MR) is 102 cm³/mol. The summed E-state index contributed by atoms with van der Waals surface area (Å²) in [5, 5.41) is 20.7. The van der Waals surface area contributed by atoms with Crippen molar-refractivity contribution in [2.45, 2.75) is 0 Å². The van der Waals surface area contributed by atoms with Gasteiger partial charge in [-0.1, -0.05) is 23.5 Å². The summed E-state index contributed by atoms with van der Waals surface area (Å²) < 4.78 is 18.6. The van der Waals surface area contributed by atoms with Crippen LogP contribution in [0.25, 0.3) is 0 Å². The van der Waals surface area contributed by atoms with Crippen LogP contribution in [0, 0.1) is 5.82 Å². The molecular formula is C18H13FN4O5S. The van der Waals surface area contributed by atoms with Crippen LogP contribution in [0.1, 0.15) is 19.6 Å². The number of hydrogen-bond acceptors (Lipinski definition) is 7. The van der Waals surface area contributed by atoms with Gasteiger partial charge in [-0.2, -0.15) is 0 Å². The van der Waals surface area contributed by atoms with Crippen molar-refractivity contribution in [2.75, 3.05) is 17.2 Å². The van der Waals surface area contributed by atoms with Gasteiger partial charge in [0.1, 0.15) is 11.6 Å². The van der Waals surface area contributed by atoms with Crippen molar-refractivity contribution in [2.24, 2.45) is 0 Å². The van der Waals surface area contributed by atoms with Crippen molar-refractivity contribution >= 4 is 40.5 Å². The first-order chi connectivity index (χ1) is 13.9. The maximum atomic E-state index is 13.6. The van der Waals surface area contributed by atoms with E-state index in [0.29, 0.717) is 11.4 Å². The highest BCUT2D eigenvalue weighted by molar-refractivity contribution is 7.15. The third kappa shape index (κ3) is 5.32. The largest absolute Gasteiger partial charge is 0.482 e. The van der Waals surface area contributed by atoms with Gasteiger partial charge in [-0.25, -0.2) is 9.18 Å². The molecule has 3 rings (SSSR count). The number of rotatable bonds is 7. The average Bonchev–Trinajstić information content (AvgIpc) is 3.20. The number of carboxylic acid groups (broad SMARTS) is 1. The van der Waals surface area contributed by atoms with Gasteiger partial charge in [0.05, 0.1) is 5.69 Å². The predicted octanol–water partition coefficient (Wildman–Crippen LogP) is 2.65. The van der Waals surface area contributed by atoms with E-state index in [0.717, 1.165) is 11.3 Å². The summed E-state index contributed by atoms with van der Waals surface area (Å²) >= 11 is 0.749. The Bertz CT molecular complexity index is 1050. The highest BCUT2D eigenvalue weighted by atomic mass is 32.1. The lowest BCUT2D eigenvalue weighted by molar-refractivity contribution is -0.139. The fraction of sp³-hybridized carbons (Fsp3) is 0.0556. The summed E-state index contributed by atoms with van der Waals surface area (Å²) in [6.45, 7) is -0.478. The van der Waals surface area contributed by atoms with Crippen LogP contribution in [-0.4, -0.2) is 39.7 Å². The van der Waals surface area contributed by atoms with E-state index in [4.69, 9.17) is 9.84 Å². The van der Waals surface area contributed by atoms with Crippen LogP contribution in [0.2, 0.25) is 0 Å². The van der Waals surface area contributed by atoms with E-state index in [1.54, 1.807) is 6.07 Å². The quantitative estimate of drug-likeness (QED) is 0.540. The number of nitrogens with zero attached hydrogens (tertiary/aromatic N) is 2. The highest BCUT2D eigenvalue weighted by Gasteiger charge is 2.18. The number of aliphatic carboxylic acids is 1. The molecule has 9 nitrogen and oxygen atoms in total. The fourth-order valence-electron chi connectivity index (χ4n) is 2.11. The van der Waals surface area contributed by atoms with Crippen molar-refractivity contribution in [3.05, 3.63) is 64.4 Å². The Morgan fingerprint density at radius 2 is 1.59 bits per heavy atom. The first-order valence-corrected chi connectivity index (χ1v) is 8.89. The van der Waals surface area contributed by atoms with Crippen molar-refractivity contribution in [3.63, 3.8) is 0 Å². The molecule has 3 aromatic rings. The molecule has 11 heteroatoms. The molecule has 2 amide bonds. The molecule has 0 radical (unpaired) electrons. The van der Waals surface area contributed by atoms with Crippen LogP contribution >= 0.6 is 11.3 Å². The van der Waals surface area contributed by atoms with Gasteiger partial charge in [-0.3, -0.25) is 9.59 Å². The number of halogens is 1. The fourth-order valence-corrected chi connectivity index (χ4v) is 2.74. The number of ether oxygens (including phenoxy) is 1. The summed E-state index contributed by atoms with van der Waals surface area (Å²) in [4.78, 5) is 34.9. The number of nitrogens with one attached hydrogen (secondary N) is 2. The zero-order valence-corrected chi connectivity index (χ0v) is 15.4. The maximum Gasteiger partial charge on any atom is 0.341 e. The Hall–Kier alpha value is -3.86. The van der Waals surface area contributed by atoms with E-state index in [1.165, 1.54) is 42.5 Å². The van der Waals surface area contributed by atoms with Crippen LogP contribution in [0.4, 0.5) is 15.8 Å². The molecule has 0 aliphatic rings. The van der Waals surface area contributed by atoms with E-state index >= 15 is 0 Å². The standard InChI is InChI=1S/C18H13FN4O5S/c19-12-3-1-2-4-13(12)21-16(27)18-23-22-17(29-18)15(26)20-10-5-7-11(8-6-10)28-9-14(24)25/h1-8H,9H2,(H,20,26)(H,21,27)(H,24,25). The number of carboxylic acids is 1. The Morgan fingerprint density at radius 1 is 0.966 bits per heavy atom. The molecule has 0 atom stereocenters. The van der Waals surface area contributed by atoms with E-state index < -0.39 is 30.2 Å². The van der Waals surface area contributed by atoms with E-state index in [2.05, 4.69) is 20.8 Å². The zero-order chi connectivity index (χ0) is 20.8. The number of hydrogen-bond donors (Lipinski definition) is 3. The van der Waals surface area contributed by atoms with Crippen LogP contribution in [0.3, 0.4) is 0 Å². The van der Waals surface area contributed by atoms with E-state index in [-0.39, 0.29) is 15.7 Å². The minimum absolute atomic E-state index is 0.0103. The first kappa shape index (κ1) is 19.9. The highest BCUT2D eigenvalue weighted by Crippen LogP contribution is 2.19. The van der Waals surface area contributed by atoms with Crippen LogP contribution in [-0.2, 0) is 4.79 Å². The van der Waals surface area contributed by atoms with Gasteiger partial charge in [0, 0.05) is 5.69 Å². The number of aromatic nitrogens is 2. The normalized spacial score (nSPS) is 10.2. The maximum absolute atomic E-state index is 13.6. The second kappa shape index (κ2) is 8.89. The number of carbonyl (C=O) groups is 3. The van der Waals surface area contributed by atoms with Crippen LogP contribution in [0.15, 0.2) is 48.5 Å². The summed E-state index contributed by atoms with van der Waals surface area (Å²) in [6, 6.07) is 11.7. The van der Waals surface area contributed by atoms with Crippen LogP contribution < -0.4 is 15.4 Å². The summed E-state index contributed by atoms with van der Waals surface area (Å²) in [6.07, 6.45) is 0. The molecule has 0 unspecified atom stereocenters. The van der Waals surface area contributed by atoms with Gasteiger partial charge >= 0.3 is 5.97 Å². The molecule has 0 fully saturated rings. The SMILES string of the molecule is O=C(O)COc1ccc(NC(=O)c2nnc(C(=O)Nc3ccccc3F)s2)cc1. The Kier molecular flexibility index (Phi) is 6.09. The molecule has 3 N–H and O–H groups in total. The van der Waals surface area contributed by atoms with Gasteiger partial charge in [-0.15, -0.1) is 10.2 Å². The minimum Gasteiger partial charge on any atom is -0.482 e. The number of carbonyl (C=O) groups excluding carboxylic acids is 2. The molecule has 0 saturated carbocycles. The lowest BCUT2D eigenvalue weighted by Gasteiger charge is -2.05. The molecule has 0 saturated heterocycles. The number of anilines is 2. The Labute approximate surface area is 167 Å². The second-order valence-electron chi connectivity index (χ2n) is 5.51. The monoisotopic (exact) mass is 416 g/mol. The molecule has 2 aromatic carbocycles. The first-order valence-electron chi connectivity index (χ1n) is 8.08. The minimum atomic E-state index is -1.10. The number of para-hydroxylation sites is 1. The van der Waals surface area contributed by atoms with Gasteiger partial charge in [0.15, 0.2) is 6.61 Å². The Morgan fingerprint density at radius 3 is 2.21 bits per heavy atom. The van der Waals surface area contributed by atoms with Crippen molar-refractivity contribution < 1.29 is 28.6 Å². The summed E-state index contributed by atoms with van der Waals surface area (Å²) in [5.74, 6) is -2.65. The van der Waals surface area contributed by atoms with E-state index in [9.17, 15) is 18.8 Å². The molecule has 0 aliphatic carbocycles. The topological polar surface area (TPSA) is 131 Å². The number of amides is 2. The molecule has 29 heavy (non-hydrogen) atoms. The van der Waals surface area contributed by atoms with Crippen LogP contribution in [0.5, 0.6) is 5.75 Å².